The second-order valence-electron chi connectivity index (χ2n) is 6.46. The van der Waals surface area contributed by atoms with Gasteiger partial charge in [0.1, 0.15) is 11.5 Å². The average Bonchev–Trinajstić information content (AvgIpc) is 2.66. The molecule has 6 heteroatoms. The first-order valence-corrected chi connectivity index (χ1v) is 9.04. The molecule has 1 aliphatic rings. The highest BCUT2D eigenvalue weighted by Crippen LogP contribution is 2.25. The van der Waals surface area contributed by atoms with Crippen molar-refractivity contribution in [2.24, 2.45) is 0 Å². The van der Waals surface area contributed by atoms with Crippen LogP contribution in [-0.2, 0) is 11.3 Å². The molecule has 1 unspecified atom stereocenters. The summed E-state index contributed by atoms with van der Waals surface area (Å²) in [6, 6.07) is 5.83. The molecule has 1 heterocycles. The van der Waals surface area contributed by atoms with Gasteiger partial charge in [-0.05, 0) is 31.5 Å². The number of piperazine rings is 1. The van der Waals surface area contributed by atoms with E-state index in [2.05, 4.69) is 22.0 Å². The van der Waals surface area contributed by atoms with Crippen LogP contribution in [0.3, 0.4) is 0 Å². The third-order valence-electron chi connectivity index (χ3n) is 4.76. The molecule has 1 aromatic carbocycles. The zero-order chi connectivity index (χ0) is 18.2. The maximum atomic E-state index is 12.1. The van der Waals surface area contributed by atoms with E-state index >= 15 is 0 Å². The van der Waals surface area contributed by atoms with E-state index in [9.17, 15) is 4.79 Å². The van der Waals surface area contributed by atoms with Crippen LogP contribution in [0.25, 0.3) is 0 Å². The van der Waals surface area contributed by atoms with E-state index in [1.165, 1.54) is 0 Å². The predicted octanol–water partition coefficient (Wildman–Crippen LogP) is 1.74. The van der Waals surface area contributed by atoms with Crippen molar-refractivity contribution < 1.29 is 14.3 Å². The largest absolute Gasteiger partial charge is 0.497 e. The lowest BCUT2D eigenvalue weighted by atomic mass is 10.1. The molecule has 1 fully saturated rings. The number of ether oxygens (including phenoxy) is 2. The highest BCUT2D eigenvalue weighted by molar-refractivity contribution is 5.81. The van der Waals surface area contributed by atoms with E-state index in [0.717, 1.165) is 62.8 Å². The number of benzene rings is 1. The van der Waals surface area contributed by atoms with E-state index in [4.69, 9.17) is 9.47 Å². The summed E-state index contributed by atoms with van der Waals surface area (Å²) in [6.07, 6.45) is 0.967. The smallest absolute Gasteiger partial charge is 0.237 e. The van der Waals surface area contributed by atoms with E-state index in [1.54, 1.807) is 14.2 Å². The minimum absolute atomic E-state index is 0.0694. The van der Waals surface area contributed by atoms with Gasteiger partial charge < -0.3 is 14.8 Å². The third-order valence-corrected chi connectivity index (χ3v) is 4.76. The molecule has 1 amide bonds. The summed E-state index contributed by atoms with van der Waals surface area (Å²) in [5.41, 5.74) is 1.13. The molecular weight excluding hydrogens is 318 g/mol. The molecule has 1 atom stereocenters. The standard InChI is InChI=1S/C19H31N3O3/c1-5-8-20-19(23)15(2)22-11-9-21(10-12-22)14-16-13-17(24-3)6-7-18(16)25-4/h6-7,13,15H,5,8-12,14H2,1-4H3,(H,20,23). The number of carbonyl (C=O) groups is 1. The van der Waals surface area contributed by atoms with Gasteiger partial charge in [0.05, 0.1) is 20.3 Å². The molecule has 1 aromatic rings. The van der Waals surface area contributed by atoms with Crippen LogP contribution in [0.5, 0.6) is 11.5 Å². The lowest BCUT2D eigenvalue weighted by molar-refractivity contribution is -0.126. The number of hydrogen-bond donors (Lipinski definition) is 1. The Labute approximate surface area is 151 Å². The van der Waals surface area contributed by atoms with Crippen molar-refractivity contribution in [2.45, 2.75) is 32.9 Å². The molecule has 0 spiro atoms. The van der Waals surface area contributed by atoms with Gasteiger partial charge in [-0.3, -0.25) is 14.6 Å². The van der Waals surface area contributed by atoms with Gasteiger partial charge in [-0.2, -0.15) is 0 Å². The molecule has 25 heavy (non-hydrogen) atoms. The minimum atomic E-state index is -0.0694. The first-order valence-electron chi connectivity index (χ1n) is 9.04. The predicted molar refractivity (Wildman–Crippen MR) is 99.2 cm³/mol. The highest BCUT2D eigenvalue weighted by Gasteiger charge is 2.25. The first-order chi connectivity index (χ1) is 12.1. The SMILES string of the molecule is CCCNC(=O)C(C)N1CCN(Cc2cc(OC)ccc2OC)CC1. The van der Waals surface area contributed by atoms with Crippen molar-refractivity contribution in [3.05, 3.63) is 23.8 Å². The maximum absolute atomic E-state index is 12.1. The fraction of sp³-hybridized carbons (Fsp3) is 0.632. The first kappa shape index (κ1) is 19.5. The monoisotopic (exact) mass is 349 g/mol. The molecule has 140 valence electrons. The Kier molecular flexibility index (Phi) is 7.52. The van der Waals surface area contributed by atoms with Crippen molar-refractivity contribution in [1.29, 1.82) is 0 Å². The Bertz CT molecular complexity index is 557. The van der Waals surface area contributed by atoms with Crippen molar-refractivity contribution in [3.63, 3.8) is 0 Å². The summed E-state index contributed by atoms with van der Waals surface area (Å²) in [6.45, 7) is 9.29. The van der Waals surface area contributed by atoms with Gasteiger partial charge in [-0.25, -0.2) is 0 Å². The van der Waals surface area contributed by atoms with Crippen molar-refractivity contribution in [2.75, 3.05) is 46.9 Å². The number of amides is 1. The molecule has 1 N–H and O–H groups in total. The summed E-state index contributed by atoms with van der Waals surface area (Å²) in [7, 11) is 3.37. The van der Waals surface area contributed by atoms with Crippen LogP contribution >= 0.6 is 0 Å². The number of nitrogens with zero attached hydrogens (tertiary/aromatic N) is 2. The maximum Gasteiger partial charge on any atom is 0.237 e. The van der Waals surface area contributed by atoms with E-state index in [0.29, 0.717) is 0 Å². The van der Waals surface area contributed by atoms with E-state index < -0.39 is 0 Å². The van der Waals surface area contributed by atoms with Gasteiger partial charge in [0, 0.05) is 44.8 Å². The van der Waals surface area contributed by atoms with E-state index in [1.807, 2.05) is 25.1 Å². The van der Waals surface area contributed by atoms with Crippen LogP contribution in [0.4, 0.5) is 0 Å². The summed E-state index contributed by atoms with van der Waals surface area (Å²) in [4.78, 5) is 16.8. The molecule has 0 aromatic heterocycles. The molecule has 1 aliphatic heterocycles. The molecule has 0 saturated carbocycles. The van der Waals surface area contributed by atoms with Gasteiger partial charge in [0.2, 0.25) is 5.91 Å². The molecule has 2 rings (SSSR count). The normalized spacial score (nSPS) is 17.1. The summed E-state index contributed by atoms with van der Waals surface area (Å²) >= 11 is 0. The average molecular weight is 349 g/mol. The van der Waals surface area contributed by atoms with Crippen molar-refractivity contribution >= 4 is 5.91 Å². The van der Waals surface area contributed by atoms with Gasteiger partial charge >= 0.3 is 0 Å². The molecule has 0 radical (unpaired) electrons. The Morgan fingerprint density at radius 1 is 1.20 bits per heavy atom. The number of methoxy groups -OCH3 is 2. The van der Waals surface area contributed by atoms with Crippen LogP contribution in [-0.4, -0.2) is 68.7 Å². The second kappa shape index (κ2) is 9.63. The molecule has 6 nitrogen and oxygen atoms in total. The fourth-order valence-electron chi connectivity index (χ4n) is 3.12. The van der Waals surface area contributed by atoms with Gasteiger partial charge in [-0.15, -0.1) is 0 Å². The van der Waals surface area contributed by atoms with Gasteiger partial charge in [0.15, 0.2) is 0 Å². The highest BCUT2D eigenvalue weighted by atomic mass is 16.5. The van der Waals surface area contributed by atoms with E-state index in [-0.39, 0.29) is 11.9 Å². The third kappa shape index (κ3) is 5.34. The Morgan fingerprint density at radius 3 is 2.52 bits per heavy atom. The van der Waals surface area contributed by atoms with Crippen molar-refractivity contribution in [3.8, 4) is 11.5 Å². The van der Waals surface area contributed by atoms with Gasteiger partial charge in [0.25, 0.3) is 0 Å². The fourth-order valence-corrected chi connectivity index (χ4v) is 3.12. The van der Waals surface area contributed by atoms with Crippen LogP contribution in [0.2, 0.25) is 0 Å². The zero-order valence-electron chi connectivity index (χ0n) is 15.9. The summed E-state index contributed by atoms with van der Waals surface area (Å²) in [5.74, 6) is 1.86. The Hall–Kier alpha value is -1.79. The van der Waals surface area contributed by atoms with Gasteiger partial charge in [-0.1, -0.05) is 6.92 Å². The lowest BCUT2D eigenvalue weighted by Crippen LogP contribution is -2.53. The molecule has 0 bridgehead atoms. The molecular formula is C19H31N3O3. The summed E-state index contributed by atoms with van der Waals surface area (Å²) < 4.78 is 10.8. The Morgan fingerprint density at radius 2 is 1.92 bits per heavy atom. The lowest BCUT2D eigenvalue weighted by Gasteiger charge is -2.37. The zero-order valence-corrected chi connectivity index (χ0v) is 15.9. The summed E-state index contributed by atoms with van der Waals surface area (Å²) in [5, 5.41) is 2.98. The van der Waals surface area contributed by atoms with Crippen LogP contribution in [0, 0.1) is 0 Å². The topological polar surface area (TPSA) is 54.0 Å². The van der Waals surface area contributed by atoms with Crippen LogP contribution in [0.15, 0.2) is 18.2 Å². The van der Waals surface area contributed by atoms with Crippen LogP contribution < -0.4 is 14.8 Å². The number of carbonyl (C=O) groups excluding carboxylic acids is 1. The number of rotatable bonds is 8. The second-order valence-corrected chi connectivity index (χ2v) is 6.46. The number of nitrogens with one attached hydrogen (secondary N) is 1. The molecule has 1 saturated heterocycles. The van der Waals surface area contributed by atoms with Crippen molar-refractivity contribution in [1.82, 2.24) is 15.1 Å². The number of hydrogen-bond acceptors (Lipinski definition) is 5. The van der Waals surface area contributed by atoms with Crippen LogP contribution in [0.1, 0.15) is 25.8 Å². The minimum Gasteiger partial charge on any atom is -0.497 e. The quantitative estimate of drug-likeness (QED) is 0.775. The molecule has 0 aliphatic carbocycles. The Balaban J connectivity index is 1.89.